The van der Waals surface area contributed by atoms with Crippen molar-refractivity contribution in [3.8, 4) is 0 Å². The average Bonchev–Trinajstić information content (AvgIpc) is 2.69. The Hall–Kier alpha value is -1.39. The van der Waals surface area contributed by atoms with Gasteiger partial charge in [-0.05, 0) is 31.4 Å². The number of ether oxygens (including phenoxy) is 1. The molecule has 0 bridgehead atoms. The van der Waals surface area contributed by atoms with Crippen LogP contribution in [0.4, 0.5) is 0 Å². The van der Waals surface area contributed by atoms with Gasteiger partial charge in [0.15, 0.2) is 0 Å². The third-order valence-corrected chi connectivity index (χ3v) is 4.78. The minimum atomic E-state index is -1.31. The van der Waals surface area contributed by atoms with Crippen LogP contribution in [0.15, 0.2) is 36.5 Å². The summed E-state index contributed by atoms with van der Waals surface area (Å²) in [6.45, 7) is 9.35. The Balaban J connectivity index is 2.11. The molecule has 2 N–H and O–H groups in total. The van der Waals surface area contributed by atoms with Crippen molar-refractivity contribution in [3.63, 3.8) is 0 Å². The first kappa shape index (κ1) is 12.6. The van der Waals surface area contributed by atoms with Crippen molar-refractivity contribution in [3.05, 3.63) is 36.5 Å². The Morgan fingerprint density at radius 2 is 2.05 bits per heavy atom. The first-order valence-corrected chi connectivity index (χ1v) is 6.50. The minimum absolute atomic E-state index is 0.158. The number of aliphatic hydroxyl groups is 2. The third-order valence-electron chi connectivity index (χ3n) is 4.78. The second-order valence-corrected chi connectivity index (χ2v) is 6.01. The fraction of sp³-hybridized carbons (Fsp3) is 0.533. The molecular weight excluding hydrogens is 244 g/mol. The van der Waals surface area contributed by atoms with Gasteiger partial charge in [-0.25, -0.2) is 4.79 Å². The molecule has 0 aromatic heterocycles. The van der Waals surface area contributed by atoms with Gasteiger partial charge in [0, 0.05) is 11.5 Å². The van der Waals surface area contributed by atoms with Crippen LogP contribution >= 0.6 is 0 Å². The molecule has 0 aromatic rings. The molecule has 0 amide bonds. The summed E-state index contributed by atoms with van der Waals surface area (Å²) in [5, 5.41) is 21.4. The molecule has 102 valence electrons. The Kier molecular flexibility index (Phi) is 2.38. The Morgan fingerprint density at radius 1 is 1.37 bits per heavy atom. The zero-order valence-corrected chi connectivity index (χ0v) is 10.9. The third kappa shape index (κ3) is 1.50. The van der Waals surface area contributed by atoms with Gasteiger partial charge in [-0.3, -0.25) is 0 Å². The van der Waals surface area contributed by atoms with Crippen molar-refractivity contribution in [2.24, 2.45) is 11.8 Å². The summed E-state index contributed by atoms with van der Waals surface area (Å²) in [5.74, 6) is -1.20. The lowest BCUT2D eigenvalue weighted by Crippen LogP contribution is -2.51. The molecule has 4 nitrogen and oxygen atoms in total. The molecule has 0 aromatic carbocycles. The van der Waals surface area contributed by atoms with E-state index < -0.39 is 29.2 Å². The maximum atomic E-state index is 11.7. The predicted molar refractivity (Wildman–Crippen MR) is 69.1 cm³/mol. The van der Waals surface area contributed by atoms with E-state index in [1.807, 2.05) is 0 Å². The molecule has 2 aliphatic carbocycles. The topological polar surface area (TPSA) is 66.8 Å². The summed E-state index contributed by atoms with van der Waals surface area (Å²) in [7, 11) is 0. The maximum Gasteiger partial charge on any atom is 0.334 e. The van der Waals surface area contributed by atoms with Crippen molar-refractivity contribution in [1.82, 2.24) is 0 Å². The van der Waals surface area contributed by atoms with E-state index in [0.29, 0.717) is 24.0 Å². The van der Waals surface area contributed by atoms with Crippen LogP contribution in [0.1, 0.15) is 19.8 Å². The fourth-order valence-electron chi connectivity index (χ4n) is 3.67. The van der Waals surface area contributed by atoms with E-state index in [1.165, 1.54) is 0 Å². The van der Waals surface area contributed by atoms with E-state index in [1.54, 1.807) is 19.1 Å². The Morgan fingerprint density at radius 3 is 2.74 bits per heavy atom. The van der Waals surface area contributed by atoms with Gasteiger partial charge in [0.1, 0.15) is 11.7 Å². The molecular formula is C15H18O4. The summed E-state index contributed by atoms with van der Waals surface area (Å²) in [6.07, 6.45) is 3.85. The number of carbonyl (C=O) groups excluding carboxylic acids is 1. The van der Waals surface area contributed by atoms with Crippen LogP contribution in [-0.2, 0) is 9.53 Å². The fourth-order valence-corrected chi connectivity index (χ4v) is 3.67. The largest absolute Gasteiger partial charge is 0.458 e. The summed E-state index contributed by atoms with van der Waals surface area (Å²) in [4.78, 5) is 11.7. The lowest BCUT2D eigenvalue weighted by atomic mass is 9.74. The van der Waals surface area contributed by atoms with E-state index in [4.69, 9.17) is 4.74 Å². The monoisotopic (exact) mass is 262 g/mol. The molecule has 0 spiro atoms. The van der Waals surface area contributed by atoms with E-state index in [9.17, 15) is 15.0 Å². The van der Waals surface area contributed by atoms with E-state index in [0.717, 1.165) is 0 Å². The highest BCUT2D eigenvalue weighted by molar-refractivity contribution is 5.91. The standard InChI is InChI=1S/C15H18O4/c1-8-4-5-10-9(2)13(16)19-11(10)12-14(3,17)6-7-15(8,12)18/h6-7,10-12,17-18H,1-2,4-5H2,3H3/t10-,11-,12-,14-,15+/m0/s1. The summed E-state index contributed by atoms with van der Waals surface area (Å²) < 4.78 is 5.38. The molecule has 1 saturated carbocycles. The highest BCUT2D eigenvalue weighted by Crippen LogP contribution is 2.52. The van der Waals surface area contributed by atoms with Gasteiger partial charge in [0.25, 0.3) is 0 Å². The summed E-state index contributed by atoms with van der Waals surface area (Å²) >= 11 is 0. The molecule has 19 heavy (non-hydrogen) atoms. The number of hydrogen-bond donors (Lipinski definition) is 2. The lowest BCUT2D eigenvalue weighted by Gasteiger charge is -2.39. The van der Waals surface area contributed by atoms with Crippen molar-refractivity contribution in [2.75, 3.05) is 0 Å². The lowest BCUT2D eigenvalue weighted by molar-refractivity contribution is -0.151. The smallest absolute Gasteiger partial charge is 0.334 e. The van der Waals surface area contributed by atoms with Gasteiger partial charge < -0.3 is 14.9 Å². The predicted octanol–water partition coefficient (Wildman–Crippen LogP) is 1.10. The maximum absolute atomic E-state index is 11.7. The zero-order chi connectivity index (χ0) is 14.0. The Labute approximate surface area is 112 Å². The van der Waals surface area contributed by atoms with Gasteiger partial charge in [0.05, 0.1) is 11.5 Å². The zero-order valence-electron chi connectivity index (χ0n) is 10.9. The van der Waals surface area contributed by atoms with Crippen LogP contribution in [0.2, 0.25) is 0 Å². The number of esters is 1. The molecule has 0 unspecified atom stereocenters. The molecule has 0 radical (unpaired) electrons. The molecule has 2 fully saturated rings. The molecule has 1 heterocycles. The van der Waals surface area contributed by atoms with Crippen LogP contribution in [0.5, 0.6) is 0 Å². The van der Waals surface area contributed by atoms with Gasteiger partial charge in [-0.15, -0.1) is 0 Å². The first-order chi connectivity index (χ1) is 8.77. The molecule has 3 aliphatic rings. The molecule has 1 aliphatic heterocycles. The summed E-state index contributed by atoms with van der Waals surface area (Å²) in [6, 6.07) is 0. The number of hydrogen-bond acceptors (Lipinski definition) is 4. The van der Waals surface area contributed by atoms with Gasteiger partial charge in [0.2, 0.25) is 0 Å². The molecule has 3 rings (SSSR count). The van der Waals surface area contributed by atoms with Crippen molar-refractivity contribution in [1.29, 1.82) is 0 Å². The van der Waals surface area contributed by atoms with Crippen LogP contribution in [0.25, 0.3) is 0 Å². The number of rotatable bonds is 0. The van der Waals surface area contributed by atoms with Crippen LogP contribution in [-0.4, -0.2) is 33.5 Å². The van der Waals surface area contributed by atoms with Crippen LogP contribution in [0.3, 0.4) is 0 Å². The SMILES string of the molecule is C=C1C(=O)O[C@H]2[C@H]1CCC(=C)[C@]1(O)C=C[C@](C)(O)[C@H]21. The second kappa shape index (κ2) is 3.58. The first-order valence-electron chi connectivity index (χ1n) is 6.50. The van der Waals surface area contributed by atoms with E-state index in [2.05, 4.69) is 13.2 Å². The Bertz CT molecular complexity index is 516. The normalized spacial score (nSPS) is 48.8. The minimum Gasteiger partial charge on any atom is -0.458 e. The van der Waals surface area contributed by atoms with Crippen molar-refractivity contribution >= 4 is 5.97 Å². The highest BCUT2D eigenvalue weighted by atomic mass is 16.6. The molecule has 1 saturated heterocycles. The van der Waals surface area contributed by atoms with Gasteiger partial charge in [-0.2, -0.15) is 0 Å². The summed E-state index contributed by atoms with van der Waals surface area (Å²) in [5.41, 5.74) is -1.45. The quantitative estimate of drug-likeness (QED) is 0.390. The van der Waals surface area contributed by atoms with Crippen molar-refractivity contribution in [2.45, 2.75) is 37.1 Å². The molecule has 4 heteroatoms. The number of fused-ring (bicyclic) bond motifs is 3. The van der Waals surface area contributed by atoms with Crippen molar-refractivity contribution < 1.29 is 19.7 Å². The number of carbonyl (C=O) groups is 1. The van der Waals surface area contributed by atoms with E-state index >= 15 is 0 Å². The van der Waals surface area contributed by atoms with Gasteiger partial charge >= 0.3 is 5.97 Å². The van der Waals surface area contributed by atoms with Crippen LogP contribution in [0, 0.1) is 11.8 Å². The van der Waals surface area contributed by atoms with E-state index in [-0.39, 0.29) is 5.92 Å². The highest BCUT2D eigenvalue weighted by Gasteiger charge is 2.61. The van der Waals surface area contributed by atoms with Crippen LogP contribution < -0.4 is 0 Å². The molecule has 5 atom stereocenters. The second-order valence-electron chi connectivity index (χ2n) is 6.01. The van der Waals surface area contributed by atoms with Gasteiger partial charge in [-0.1, -0.05) is 19.2 Å². The average molecular weight is 262 g/mol.